The Morgan fingerprint density at radius 1 is 1.33 bits per heavy atom. The highest BCUT2D eigenvalue weighted by Crippen LogP contribution is 2.22. The quantitative estimate of drug-likeness (QED) is 0.768. The van der Waals surface area contributed by atoms with Crippen molar-refractivity contribution in [3.05, 3.63) is 0 Å². The predicted molar refractivity (Wildman–Crippen MR) is 64.4 cm³/mol. The van der Waals surface area contributed by atoms with E-state index in [1.165, 1.54) is 4.90 Å². The Hall–Kier alpha value is -0.330. The van der Waals surface area contributed by atoms with Crippen LogP contribution >= 0.6 is 0 Å². The number of hydrogen-bond acceptors (Lipinski definition) is 3. The topological polar surface area (TPSA) is 35.5 Å². The Kier molecular flexibility index (Phi) is 5.43. The highest BCUT2D eigenvalue weighted by atomic mass is 19.4. The summed E-state index contributed by atoms with van der Waals surface area (Å²) in [5.74, 6) is 0. The highest BCUT2D eigenvalue weighted by Gasteiger charge is 2.34. The molecule has 1 rings (SSSR count). The van der Waals surface area contributed by atoms with E-state index < -0.39 is 12.7 Å². The van der Waals surface area contributed by atoms with Crippen LogP contribution in [0.3, 0.4) is 0 Å². The molecule has 2 N–H and O–H groups in total. The van der Waals surface area contributed by atoms with Gasteiger partial charge in [0.1, 0.15) is 0 Å². The normalized spacial score (nSPS) is 22.7. The molecule has 0 spiro atoms. The number of aliphatic hydroxyl groups is 1. The van der Waals surface area contributed by atoms with Crippen LogP contribution in [0.1, 0.15) is 26.7 Å². The molecule has 1 fully saturated rings. The maximum atomic E-state index is 12.2. The third kappa shape index (κ3) is 6.02. The highest BCUT2D eigenvalue weighted by molar-refractivity contribution is 4.84. The van der Waals surface area contributed by atoms with E-state index >= 15 is 0 Å². The van der Waals surface area contributed by atoms with Crippen LogP contribution < -0.4 is 5.32 Å². The van der Waals surface area contributed by atoms with Crippen LogP contribution in [0.15, 0.2) is 0 Å². The number of halogens is 3. The molecular weight excluding hydrogens is 245 g/mol. The Labute approximate surface area is 106 Å². The zero-order valence-corrected chi connectivity index (χ0v) is 11.1. The molecule has 18 heavy (non-hydrogen) atoms. The second-order valence-electron chi connectivity index (χ2n) is 5.85. The standard InChI is InChI=1S/C12H23F3N2O/c1-11(2,4-6-18)8-16-10-3-5-17(7-10)9-12(13,14)15/h10,16,18H,3-9H2,1-2H3/t10-/m0/s1. The third-order valence-electron chi connectivity index (χ3n) is 3.33. The van der Waals surface area contributed by atoms with Gasteiger partial charge in [-0.15, -0.1) is 0 Å². The van der Waals surface area contributed by atoms with E-state index in [1.54, 1.807) is 0 Å². The monoisotopic (exact) mass is 268 g/mol. The maximum absolute atomic E-state index is 12.2. The van der Waals surface area contributed by atoms with Crippen molar-refractivity contribution >= 4 is 0 Å². The number of aliphatic hydroxyl groups excluding tert-OH is 1. The Morgan fingerprint density at radius 2 is 2.00 bits per heavy atom. The minimum absolute atomic E-state index is 0.0216. The van der Waals surface area contributed by atoms with Crippen molar-refractivity contribution in [1.29, 1.82) is 0 Å². The SMILES string of the molecule is CC(C)(CCO)CN[C@H]1CCN(CC(F)(F)F)C1. The molecule has 0 saturated carbocycles. The fraction of sp³-hybridized carbons (Fsp3) is 1.00. The van der Waals surface area contributed by atoms with Crippen molar-refractivity contribution in [1.82, 2.24) is 10.2 Å². The van der Waals surface area contributed by atoms with Gasteiger partial charge in [0.05, 0.1) is 6.54 Å². The zero-order valence-electron chi connectivity index (χ0n) is 11.1. The van der Waals surface area contributed by atoms with Crippen LogP contribution in [0.5, 0.6) is 0 Å². The number of rotatable bonds is 6. The minimum Gasteiger partial charge on any atom is -0.396 e. The van der Waals surface area contributed by atoms with Crippen molar-refractivity contribution in [2.45, 2.75) is 38.9 Å². The smallest absolute Gasteiger partial charge is 0.396 e. The summed E-state index contributed by atoms with van der Waals surface area (Å²) in [6.07, 6.45) is -2.66. The second-order valence-corrected chi connectivity index (χ2v) is 5.85. The van der Waals surface area contributed by atoms with E-state index in [-0.39, 0.29) is 18.1 Å². The van der Waals surface area contributed by atoms with E-state index in [0.29, 0.717) is 19.5 Å². The molecule has 1 atom stereocenters. The summed E-state index contributed by atoms with van der Waals surface area (Å²) >= 11 is 0. The van der Waals surface area contributed by atoms with Crippen LogP contribution in [0.2, 0.25) is 0 Å². The van der Waals surface area contributed by atoms with Gasteiger partial charge in [0.15, 0.2) is 0 Å². The lowest BCUT2D eigenvalue weighted by Gasteiger charge is -2.26. The molecule has 0 radical (unpaired) electrons. The average Bonchev–Trinajstić information content (AvgIpc) is 2.60. The molecule has 0 aliphatic carbocycles. The van der Waals surface area contributed by atoms with Gasteiger partial charge in [0, 0.05) is 32.3 Å². The first-order valence-electron chi connectivity index (χ1n) is 6.35. The molecule has 0 aromatic rings. The fourth-order valence-electron chi connectivity index (χ4n) is 2.21. The van der Waals surface area contributed by atoms with Gasteiger partial charge in [-0.2, -0.15) is 13.2 Å². The first kappa shape index (κ1) is 15.7. The van der Waals surface area contributed by atoms with Gasteiger partial charge in [-0.05, 0) is 18.3 Å². The molecular formula is C12H23F3N2O. The van der Waals surface area contributed by atoms with Crippen molar-refractivity contribution in [2.24, 2.45) is 5.41 Å². The van der Waals surface area contributed by atoms with E-state index in [1.807, 2.05) is 13.8 Å². The summed E-state index contributed by atoms with van der Waals surface area (Å²) in [5, 5.41) is 12.2. The van der Waals surface area contributed by atoms with Gasteiger partial charge in [0.2, 0.25) is 0 Å². The second kappa shape index (κ2) is 6.21. The van der Waals surface area contributed by atoms with E-state index in [0.717, 1.165) is 13.0 Å². The molecule has 108 valence electrons. The van der Waals surface area contributed by atoms with E-state index in [2.05, 4.69) is 5.32 Å². The van der Waals surface area contributed by atoms with Crippen LogP contribution in [-0.2, 0) is 0 Å². The van der Waals surface area contributed by atoms with Crippen molar-refractivity contribution in [2.75, 3.05) is 32.8 Å². The Balaban J connectivity index is 2.26. The Morgan fingerprint density at radius 3 is 2.56 bits per heavy atom. The summed E-state index contributed by atoms with van der Waals surface area (Å²) in [6.45, 7) is 5.08. The number of nitrogens with zero attached hydrogens (tertiary/aromatic N) is 1. The van der Waals surface area contributed by atoms with Crippen LogP contribution in [0.4, 0.5) is 13.2 Å². The molecule has 1 aliphatic rings. The zero-order chi connectivity index (χ0) is 13.8. The summed E-state index contributed by atoms with van der Waals surface area (Å²) in [7, 11) is 0. The van der Waals surface area contributed by atoms with Gasteiger partial charge in [-0.3, -0.25) is 4.90 Å². The van der Waals surface area contributed by atoms with Gasteiger partial charge in [0.25, 0.3) is 0 Å². The molecule has 0 bridgehead atoms. The first-order valence-corrected chi connectivity index (χ1v) is 6.35. The number of nitrogens with one attached hydrogen (secondary N) is 1. The molecule has 6 heteroatoms. The van der Waals surface area contributed by atoms with Crippen LogP contribution in [0, 0.1) is 5.41 Å². The lowest BCUT2D eigenvalue weighted by atomic mass is 9.89. The summed E-state index contributed by atoms with van der Waals surface area (Å²) in [4.78, 5) is 1.44. The summed E-state index contributed by atoms with van der Waals surface area (Å²) < 4.78 is 36.7. The maximum Gasteiger partial charge on any atom is 0.401 e. The third-order valence-corrected chi connectivity index (χ3v) is 3.33. The molecule has 1 saturated heterocycles. The summed E-state index contributed by atoms with van der Waals surface area (Å²) in [5.41, 5.74) is -0.0216. The lowest BCUT2D eigenvalue weighted by Crippen LogP contribution is -2.40. The van der Waals surface area contributed by atoms with E-state index in [4.69, 9.17) is 5.11 Å². The number of alkyl halides is 3. The molecule has 3 nitrogen and oxygen atoms in total. The molecule has 1 heterocycles. The predicted octanol–water partition coefficient (Wildman–Crippen LogP) is 1.62. The van der Waals surface area contributed by atoms with Crippen LogP contribution in [0.25, 0.3) is 0 Å². The minimum atomic E-state index is -4.11. The molecule has 0 aromatic heterocycles. The molecule has 0 aromatic carbocycles. The van der Waals surface area contributed by atoms with Gasteiger partial charge in [-0.1, -0.05) is 13.8 Å². The molecule has 1 aliphatic heterocycles. The Bertz CT molecular complexity index is 256. The lowest BCUT2D eigenvalue weighted by molar-refractivity contribution is -0.143. The van der Waals surface area contributed by atoms with Gasteiger partial charge < -0.3 is 10.4 Å². The number of hydrogen-bond donors (Lipinski definition) is 2. The number of likely N-dealkylation sites (tertiary alicyclic amines) is 1. The van der Waals surface area contributed by atoms with Crippen LogP contribution in [-0.4, -0.2) is 55.0 Å². The van der Waals surface area contributed by atoms with Crippen molar-refractivity contribution < 1.29 is 18.3 Å². The van der Waals surface area contributed by atoms with Gasteiger partial charge >= 0.3 is 6.18 Å². The largest absolute Gasteiger partial charge is 0.401 e. The van der Waals surface area contributed by atoms with E-state index in [9.17, 15) is 13.2 Å². The first-order chi connectivity index (χ1) is 8.22. The van der Waals surface area contributed by atoms with Gasteiger partial charge in [-0.25, -0.2) is 0 Å². The molecule has 0 unspecified atom stereocenters. The van der Waals surface area contributed by atoms with Crippen molar-refractivity contribution in [3.63, 3.8) is 0 Å². The summed E-state index contributed by atoms with van der Waals surface area (Å²) in [6, 6.07) is 0.130. The fourth-order valence-corrected chi connectivity index (χ4v) is 2.21. The van der Waals surface area contributed by atoms with Crippen molar-refractivity contribution in [3.8, 4) is 0 Å². The average molecular weight is 268 g/mol. The molecule has 0 amide bonds.